The van der Waals surface area contributed by atoms with Gasteiger partial charge in [-0.15, -0.1) is 5.10 Å². The van der Waals surface area contributed by atoms with Gasteiger partial charge in [-0.25, -0.2) is 0 Å². The SMILES string of the molecule is COc1ccc(C(=O)/C=C/c2csnn2)cc1NC(C)=O. The summed E-state index contributed by atoms with van der Waals surface area (Å²) >= 11 is 1.21. The third-order valence-electron chi connectivity index (χ3n) is 2.58. The maximum Gasteiger partial charge on any atom is 0.221 e. The minimum Gasteiger partial charge on any atom is -0.495 e. The van der Waals surface area contributed by atoms with Crippen LogP contribution < -0.4 is 10.1 Å². The number of ether oxygens (including phenoxy) is 1. The predicted octanol–water partition coefficient (Wildman–Crippen LogP) is 2.40. The first-order chi connectivity index (χ1) is 10.1. The van der Waals surface area contributed by atoms with Gasteiger partial charge in [-0.1, -0.05) is 4.49 Å². The number of benzene rings is 1. The smallest absolute Gasteiger partial charge is 0.221 e. The van der Waals surface area contributed by atoms with E-state index in [1.54, 1.807) is 29.7 Å². The number of amides is 1. The van der Waals surface area contributed by atoms with Crippen LogP contribution in [0, 0.1) is 0 Å². The molecule has 2 rings (SSSR count). The Labute approximate surface area is 125 Å². The van der Waals surface area contributed by atoms with Crippen LogP contribution in [0.25, 0.3) is 6.08 Å². The number of aromatic nitrogens is 2. The molecule has 0 aliphatic carbocycles. The van der Waals surface area contributed by atoms with Gasteiger partial charge in [0, 0.05) is 17.9 Å². The highest BCUT2D eigenvalue weighted by atomic mass is 32.1. The second-order valence-electron chi connectivity index (χ2n) is 4.12. The highest BCUT2D eigenvalue weighted by Gasteiger charge is 2.09. The Morgan fingerprint density at radius 1 is 1.38 bits per heavy atom. The number of carbonyl (C=O) groups is 2. The molecule has 1 aromatic heterocycles. The molecule has 1 N–H and O–H groups in total. The van der Waals surface area contributed by atoms with E-state index in [9.17, 15) is 9.59 Å². The van der Waals surface area contributed by atoms with Crippen LogP contribution in [0.2, 0.25) is 0 Å². The zero-order valence-electron chi connectivity index (χ0n) is 11.5. The van der Waals surface area contributed by atoms with Gasteiger partial charge in [0.25, 0.3) is 0 Å². The molecule has 7 heteroatoms. The molecule has 21 heavy (non-hydrogen) atoms. The molecular weight excluding hydrogens is 290 g/mol. The molecule has 0 spiro atoms. The van der Waals surface area contributed by atoms with Crippen LogP contribution in [0.1, 0.15) is 23.0 Å². The topological polar surface area (TPSA) is 81.2 Å². The summed E-state index contributed by atoms with van der Waals surface area (Å²) in [6, 6.07) is 4.85. The zero-order valence-corrected chi connectivity index (χ0v) is 12.3. The van der Waals surface area contributed by atoms with Crippen molar-refractivity contribution in [2.45, 2.75) is 6.92 Å². The van der Waals surface area contributed by atoms with Gasteiger partial charge in [0.1, 0.15) is 5.75 Å². The van der Waals surface area contributed by atoms with Crippen molar-refractivity contribution in [1.29, 1.82) is 0 Å². The van der Waals surface area contributed by atoms with Crippen molar-refractivity contribution >= 4 is 35.0 Å². The van der Waals surface area contributed by atoms with E-state index in [0.29, 0.717) is 22.7 Å². The number of allylic oxidation sites excluding steroid dienone is 1. The average molecular weight is 303 g/mol. The lowest BCUT2D eigenvalue weighted by atomic mass is 10.1. The van der Waals surface area contributed by atoms with Crippen molar-refractivity contribution in [3.63, 3.8) is 0 Å². The van der Waals surface area contributed by atoms with Crippen LogP contribution in [0.5, 0.6) is 5.75 Å². The normalized spacial score (nSPS) is 10.6. The Morgan fingerprint density at radius 3 is 2.81 bits per heavy atom. The average Bonchev–Trinajstić information content (AvgIpc) is 2.97. The van der Waals surface area contributed by atoms with Crippen molar-refractivity contribution in [3.8, 4) is 5.75 Å². The molecule has 0 saturated heterocycles. The van der Waals surface area contributed by atoms with E-state index < -0.39 is 0 Å². The van der Waals surface area contributed by atoms with Crippen molar-refractivity contribution in [1.82, 2.24) is 9.59 Å². The van der Waals surface area contributed by atoms with Crippen molar-refractivity contribution in [3.05, 3.63) is 40.9 Å². The molecule has 1 aromatic carbocycles. The Bertz CT molecular complexity index is 681. The molecule has 0 unspecified atom stereocenters. The van der Waals surface area contributed by atoms with E-state index in [1.165, 1.54) is 31.6 Å². The highest BCUT2D eigenvalue weighted by Crippen LogP contribution is 2.25. The maximum absolute atomic E-state index is 12.1. The molecule has 0 aliphatic rings. The standard InChI is InChI=1S/C14H13N3O3S/c1-9(18)15-12-7-10(3-6-14(12)20-2)13(19)5-4-11-8-21-17-16-11/h3-8H,1-2H3,(H,15,18)/b5-4+. The van der Waals surface area contributed by atoms with E-state index in [1.807, 2.05) is 0 Å². The molecule has 0 saturated carbocycles. The van der Waals surface area contributed by atoms with E-state index in [-0.39, 0.29) is 11.7 Å². The molecule has 1 amide bonds. The lowest BCUT2D eigenvalue weighted by Gasteiger charge is -2.09. The van der Waals surface area contributed by atoms with Crippen LogP contribution >= 0.6 is 11.5 Å². The molecule has 6 nitrogen and oxygen atoms in total. The second-order valence-corrected chi connectivity index (χ2v) is 4.73. The number of rotatable bonds is 5. The van der Waals surface area contributed by atoms with E-state index in [2.05, 4.69) is 14.9 Å². The van der Waals surface area contributed by atoms with Gasteiger partial charge in [-0.05, 0) is 41.9 Å². The molecule has 108 valence electrons. The number of methoxy groups -OCH3 is 1. The fourth-order valence-corrected chi connectivity index (χ4v) is 2.07. The lowest BCUT2D eigenvalue weighted by molar-refractivity contribution is -0.114. The molecule has 0 atom stereocenters. The first-order valence-electron chi connectivity index (χ1n) is 6.05. The first kappa shape index (κ1) is 14.9. The molecule has 0 bridgehead atoms. The quantitative estimate of drug-likeness (QED) is 0.677. The highest BCUT2D eigenvalue weighted by molar-refractivity contribution is 7.03. The predicted molar refractivity (Wildman–Crippen MR) is 80.6 cm³/mol. The summed E-state index contributed by atoms with van der Waals surface area (Å²) in [5.41, 5.74) is 1.53. The second kappa shape index (κ2) is 6.76. The Kier molecular flexibility index (Phi) is 4.78. The number of nitrogens with one attached hydrogen (secondary N) is 1. The van der Waals surface area contributed by atoms with E-state index in [0.717, 1.165) is 0 Å². The summed E-state index contributed by atoms with van der Waals surface area (Å²) in [4.78, 5) is 23.3. The first-order valence-corrected chi connectivity index (χ1v) is 6.89. The third kappa shape index (κ3) is 3.96. The van der Waals surface area contributed by atoms with E-state index >= 15 is 0 Å². The third-order valence-corrected chi connectivity index (χ3v) is 3.10. The summed E-state index contributed by atoms with van der Waals surface area (Å²) in [5.74, 6) is 0.0636. The Hall–Kier alpha value is -2.54. The van der Waals surface area contributed by atoms with Gasteiger partial charge in [0.2, 0.25) is 5.91 Å². The Balaban J connectivity index is 2.23. The van der Waals surface area contributed by atoms with Crippen LogP contribution in [-0.2, 0) is 4.79 Å². The molecule has 1 heterocycles. The van der Waals surface area contributed by atoms with Crippen molar-refractivity contribution < 1.29 is 14.3 Å². The van der Waals surface area contributed by atoms with Crippen LogP contribution in [-0.4, -0.2) is 28.4 Å². The number of ketones is 1. The van der Waals surface area contributed by atoms with Gasteiger partial charge >= 0.3 is 0 Å². The molecule has 0 fully saturated rings. The van der Waals surface area contributed by atoms with Crippen LogP contribution in [0.15, 0.2) is 29.7 Å². The summed E-state index contributed by atoms with van der Waals surface area (Å²) in [6.07, 6.45) is 3.00. The van der Waals surface area contributed by atoms with Crippen molar-refractivity contribution in [2.75, 3.05) is 12.4 Å². The monoisotopic (exact) mass is 303 g/mol. The van der Waals surface area contributed by atoms with Crippen LogP contribution in [0.3, 0.4) is 0 Å². The molecule has 0 radical (unpaired) electrons. The van der Waals surface area contributed by atoms with Crippen molar-refractivity contribution in [2.24, 2.45) is 0 Å². The number of nitrogens with zero attached hydrogens (tertiary/aromatic N) is 2. The summed E-state index contributed by atoms with van der Waals surface area (Å²) in [5, 5.41) is 8.18. The van der Waals surface area contributed by atoms with Gasteiger partial charge in [0.05, 0.1) is 18.5 Å². The Morgan fingerprint density at radius 2 is 2.19 bits per heavy atom. The van der Waals surface area contributed by atoms with Gasteiger partial charge in [0.15, 0.2) is 5.78 Å². The molecular formula is C14H13N3O3S. The minimum absolute atomic E-state index is 0.197. The van der Waals surface area contributed by atoms with E-state index in [4.69, 9.17) is 4.74 Å². The summed E-state index contributed by atoms with van der Waals surface area (Å²) in [6.45, 7) is 1.39. The summed E-state index contributed by atoms with van der Waals surface area (Å²) in [7, 11) is 1.50. The number of hydrogen-bond acceptors (Lipinski definition) is 6. The van der Waals surface area contributed by atoms with Gasteiger partial charge in [-0.3, -0.25) is 9.59 Å². The largest absolute Gasteiger partial charge is 0.495 e. The van der Waals surface area contributed by atoms with Gasteiger partial charge in [-0.2, -0.15) is 0 Å². The summed E-state index contributed by atoms with van der Waals surface area (Å²) < 4.78 is 8.85. The molecule has 0 aliphatic heterocycles. The lowest BCUT2D eigenvalue weighted by Crippen LogP contribution is -2.08. The fraction of sp³-hybridized carbons (Fsp3) is 0.143. The van der Waals surface area contributed by atoms with Crippen LogP contribution in [0.4, 0.5) is 5.69 Å². The van der Waals surface area contributed by atoms with Gasteiger partial charge < -0.3 is 10.1 Å². The fourth-order valence-electron chi connectivity index (χ4n) is 1.65. The number of carbonyl (C=O) groups excluding carboxylic acids is 2. The zero-order chi connectivity index (χ0) is 15.2. The number of hydrogen-bond donors (Lipinski definition) is 1. The minimum atomic E-state index is -0.234. The number of anilines is 1. The maximum atomic E-state index is 12.1. The molecule has 2 aromatic rings.